The number of hydrogen-bond donors (Lipinski definition) is 2. The lowest BCUT2D eigenvalue weighted by Gasteiger charge is -2.33. The molecule has 0 bridgehead atoms. The maximum Gasteiger partial charge on any atom is 0.329 e. The predicted octanol–water partition coefficient (Wildman–Crippen LogP) is 0.518. The van der Waals surface area contributed by atoms with Crippen LogP contribution in [0, 0.1) is 0 Å². The van der Waals surface area contributed by atoms with Crippen LogP contribution in [0.25, 0.3) is 0 Å². The molecule has 6 nitrogen and oxygen atoms in total. The van der Waals surface area contributed by atoms with Crippen LogP contribution >= 0.6 is 0 Å². The van der Waals surface area contributed by atoms with Crippen molar-refractivity contribution in [1.29, 1.82) is 0 Å². The van der Waals surface area contributed by atoms with Crippen LogP contribution in [0.1, 0.15) is 39.5 Å². The monoisotopic (exact) mass is 299 g/mol. The van der Waals surface area contributed by atoms with Crippen LogP contribution in [0.3, 0.4) is 0 Å². The van der Waals surface area contributed by atoms with Gasteiger partial charge in [-0.25, -0.2) is 4.79 Å². The lowest BCUT2D eigenvalue weighted by Crippen LogP contribution is -2.47. The van der Waals surface area contributed by atoms with E-state index in [-0.39, 0.29) is 5.91 Å². The summed E-state index contributed by atoms with van der Waals surface area (Å²) in [5.41, 5.74) is 0. The minimum atomic E-state index is -0.610. The van der Waals surface area contributed by atoms with Crippen molar-refractivity contribution >= 4 is 11.9 Å². The van der Waals surface area contributed by atoms with Gasteiger partial charge in [-0.1, -0.05) is 6.42 Å². The fourth-order valence-electron chi connectivity index (χ4n) is 2.72. The number of carbonyl (C=O) groups is 2. The molecule has 2 unspecified atom stereocenters. The number of carbonyl (C=O) groups excluding carboxylic acids is 2. The Morgan fingerprint density at radius 3 is 2.76 bits per heavy atom. The molecule has 1 aliphatic rings. The number of piperidine rings is 1. The summed E-state index contributed by atoms with van der Waals surface area (Å²) in [5.74, 6) is -0.642. The van der Waals surface area contributed by atoms with E-state index in [2.05, 4.69) is 27.2 Å². The molecule has 122 valence electrons. The molecular formula is C15H29N3O3. The highest BCUT2D eigenvalue weighted by atomic mass is 16.5. The van der Waals surface area contributed by atoms with Gasteiger partial charge in [0.25, 0.3) is 0 Å². The van der Waals surface area contributed by atoms with E-state index >= 15 is 0 Å². The highest BCUT2D eigenvalue weighted by Gasteiger charge is 2.20. The first kappa shape index (κ1) is 17.9. The molecule has 0 aromatic heterocycles. The Balaban J connectivity index is 2.18. The average molecular weight is 299 g/mol. The van der Waals surface area contributed by atoms with Crippen molar-refractivity contribution in [2.75, 3.05) is 33.3 Å². The standard InChI is InChI=1S/C15H29N3O3/c1-12-7-4-5-9-18(12)10-6-8-16-11-14(15(20)21-3)17-13(2)19/h12,14,16H,4-11H2,1-3H3,(H,17,19). The van der Waals surface area contributed by atoms with Crippen LogP contribution in [0.15, 0.2) is 0 Å². The number of rotatable bonds is 8. The van der Waals surface area contributed by atoms with Gasteiger partial charge in [0.15, 0.2) is 0 Å². The highest BCUT2D eigenvalue weighted by molar-refractivity contribution is 5.83. The Labute approximate surface area is 127 Å². The first-order valence-corrected chi connectivity index (χ1v) is 7.84. The van der Waals surface area contributed by atoms with Gasteiger partial charge < -0.3 is 20.3 Å². The summed E-state index contributed by atoms with van der Waals surface area (Å²) in [6, 6.07) is 0.0716. The van der Waals surface area contributed by atoms with Crippen LogP contribution in [0.5, 0.6) is 0 Å². The maximum absolute atomic E-state index is 11.5. The zero-order chi connectivity index (χ0) is 15.7. The van der Waals surface area contributed by atoms with Crippen molar-refractivity contribution in [2.45, 2.75) is 51.6 Å². The summed E-state index contributed by atoms with van der Waals surface area (Å²) in [5, 5.41) is 5.81. The third kappa shape index (κ3) is 6.91. The molecular weight excluding hydrogens is 270 g/mol. The quantitative estimate of drug-likeness (QED) is 0.505. The molecule has 6 heteroatoms. The van der Waals surface area contributed by atoms with Crippen LogP contribution in [-0.4, -0.2) is 62.1 Å². The lowest BCUT2D eigenvalue weighted by molar-refractivity contribution is -0.144. The van der Waals surface area contributed by atoms with Crippen molar-refractivity contribution in [2.24, 2.45) is 0 Å². The number of likely N-dealkylation sites (tertiary alicyclic amines) is 1. The van der Waals surface area contributed by atoms with Gasteiger partial charge in [-0.2, -0.15) is 0 Å². The normalized spacial score (nSPS) is 20.8. The number of nitrogens with one attached hydrogen (secondary N) is 2. The molecule has 0 saturated carbocycles. The molecule has 2 N–H and O–H groups in total. The van der Waals surface area contributed by atoms with Crippen molar-refractivity contribution in [3.63, 3.8) is 0 Å². The molecule has 0 aliphatic carbocycles. The Hall–Kier alpha value is -1.14. The lowest BCUT2D eigenvalue weighted by atomic mass is 10.0. The van der Waals surface area contributed by atoms with Crippen LogP contribution in [0.4, 0.5) is 0 Å². The molecule has 0 spiro atoms. The van der Waals surface area contributed by atoms with Gasteiger partial charge in [-0.05, 0) is 45.8 Å². The van der Waals surface area contributed by atoms with Crippen LogP contribution in [-0.2, 0) is 14.3 Å². The molecule has 0 aromatic rings. The largest absolute Gasteiger partial charge is 0.467 e. The van der Waals surface area contributed by atoms with E-state index in [9.17, 15) is 9.59 Å². The number of amides is 1. The SMILES string of the molecule is COC(=O)C(CNCCCN1CCCCC1C)NC(C)=O. The third-order valence-corrected chi connectivity index (χ3v) is 3.95. The topological polar surface area (TPSA) is 70.7 Å². The van der Waals surface area contributed by atoms with Crippen LogP contribution in [0.2, 0.25) is 0 Å². The Morgan fingerprint density at radius 2 is 2.14 bits per heavy atom. The van der Waals surface area contributed by atoms with E-state index in [4.69, 9.17) is 0 Å². The van der Waals surface area contributed by atoms with E-state index in [1.807, 2.05) is 0 Å². The summed E-state index contributed by atoms with van der Waals surface area (Å²) in [6.45, 7) is 7.19. The van der Waals surface area contributed by atoms with Crippen molar-refractivity contribution in [3.8, 4) is 0 Å². The van der Waals surface area contributed by atoms with Gasteiger partial charge >= 0.3 is 5.97 Å². The smallest absolute Gasteiger partial charge is 0.329 e. The Morgan fingerprint density at radius 1 is 1.38 bits per heavy atom. The van der Waals surface area contributed by atoms with E-state index < -0.39 is 12.0 Å². The number of hydrogen-bond acceptors (Lipinski definition) is 5. The van der Waals surface area contributed by atoms with E-state index in [0.717, 1.165) is 19.5 Å². The molecule has 0 radical (unpaired) electrons. The van der Waals surface area contributed by atoms with Gasteiger partial charge in [0.1, 0.15) is 6.04 Å². The number of methoxy groups -OCH3 is 1. The first-order chi connectivity index (χ1) is 10.0. The number of esters is 1. The second kappa shape index (κ2) is 9.73. The van der Waals surface area contributed by atoms with Gasteiger partial charge in [0, 0.05) is 19.5 Å². The van der Waals surface area contributed by atoms with E-state index in [1.54, 1.807) is 0 Å². The Kier molecular flexibility index (Phi) is 8.30. The van der Waals surface area contributed by atoms with Gasteiger partial charge in [-0.3, -0.25) is 4.79 Å². The second-order valence-electron chi connectivity index (χ2n) is 5.71. The molecule has 1 heterocycles. The zero-order valence-electron chi connectivity index (χ0n) is 13.5. The van der Waals surface area contributed by atoms with Crippen molar-refractivity contribution in [3.05, 3.63) is 0 Å². The van der Waals surface area contributed by atoms with E-state index in [1.165, 1.54) is 39.8 Å². The summed E-state index contributed by atoms with van der Waals surface area (Å²) in [6.07, 6.45) is 4.97. The molecule has 21 heavy (non-hydrogen) atoms. The zero-order valence-corrected chi connectivity index (χ0v) is 13.5. The van der Waals surface area contributed by atoms with Crippen molar-refractivity contribution < 1.29 is 14.3 Å². The van der Waals surface area contributed by atoms with Crippen molar-refractivity contribution in [1.82, 2.24) is 15.5 Å². The number of ether oxygens (including phenoxy) is 1. The molecule has 1 fully saturated rings. The fraction of sp³-hybridized carbons (Fsp3) is 0.867. The molecule has 0 aromatic carbocycles. The number of nitrogens with zero attached hydrogens (tertiary/aromatic N) is 1. The maximum atomic E-state index is 11.5. The molecule has 2 atom stereocenters. The van der Waals surface area contributed by atoms with Gasteiger partial charge in [-0.15, -0.1) is 0 Å². The fourth-order valence-corrected chi connectivity index (χ4v) is 2.72. The minimum Gasteiger partial charge on any atom is -0.467 e. The van der Waals surface area contributed by atoms with E-state index in [0.29, 0.717) is 12.6 Å². The molecule has 1 amide bonds. The predicted molar refractivity (Wildman–Crippen MR) is 82.0 cm³/mol. The third-order valence-electron chi connectivity index (χ3n) is 3.95. The van der Waals surface area contributed by atoms with Gasteiger partial charge in [0.2, 0.25) is 5.91 Å². The average Bonchev–Trinajstić information content (AvgIpc) is 2.46. The summed E-state index contributed by atoms with van der Waals surface area (Å²) < 4.78 is 4.68. The van der Waals surface area contributed by atoms with Crippen LogP contribution < -0.4 is 10.6 Å². The molecule has 1 aliphatic heterocycles. The Bertz CT molecular complexity index is 336. The molecule has 1 saturated heterocycles. The summed E-state index contributed by atoms with van der Waals surface area (Å²) in [7, 11) is 1.33. The minimum absolute atomic E-state index is 0.227. The first-order valence-electron chi connectivity index (χ1n) is 7.84. The summed E-state index contributed by atoms with van der Waals surface area (Å²) >= 11 is 0. The summed E-state index contributed by atoms with van der Waals surface area (Å²) in [4.78, 5) is 25.1. The van der Waals surface area contributed by atoms with Gasteiger partial charge in [0.05, 0.1) is 7.11 Å². The molecule has 1 rings (SSSR count). The highest BCUT2D eigenvalue weighted by Crippen LogP contribution is 2.15. The second-order valence-corrected chi connectivity index (χ2v) is 5.71.